The number of amides is 1. The maximum Gasteiger partial charge on any atom is 0.226 e. The normalized spacial score (nSPS) is 10.9. The van der Waals surface area contributed by atoms with Crippen molar-refractivity contribution in [3.8, 4) is 0 Å². The minimum absolute atomic E-state index is 0.0851. The number of rotatable bonds is 7. The molecular weight excluding hydrogens is 301 g/mol. The molecule has 0 spiro atoms. The van der Waals surface area contributed by atoms with Gasteiger partial charge in [0.2, 0.25) is 5.91 Å². The number of hydrogen-bond acceptors (Lipinski definition) is 4. The summed E-state index contributed by atoms with van der Waals surface area (Å²) in [7, 11) is 3.97. The molecule has 118 valence electrons. The Kier molecular flexibility index (Phi) is 6.03. The number of benzene rings is 1. The number of thiazole rings is 1. The molecule has 0 fully saturated rings. The number of halogens is 1. The van der Waals surface area contributed by atoms with Crippen LogP contribution in [-0.2, 0) is 24.2 Å². The molecule has 0 saturated heterocycles. The molecule has 0 bridgehead atoms. The van der Waals surface area contributed by atoms with Gasteiger partial charge in [-0.3, -0.25) is 4.79 Å². The number of nitrogens with one attached hydrogen (secondary N) is 1. The van der Waals surface area contributed by atoms with E-state index in [9.17, 15) is 9.18 Å². The van der Waals surface area contributed by atoms with Crippen LogP contribution < -0.4 is 5.32 Å². The molecule has 1 aromatic carbocycles. The third-order valence-corrected chi connectivity index (χ3v) is 3.95. The van der Waals surface area contributed by atoms with Gasteiger partial charge in [-0.2, -0.15) is 0 Å². The highest BCUT2D eigenvalue weighted by atomic mass is 32.1. The summed E-state index contributed by atoms with van der Waals surface area (Å²) in [5, 5.41) is 5.72. The fourth-order valence-electron chi connectivity index (χ4n) is 2.04. The number of aromatic nitrogens is 1. The summed E-state index contributed by atoms with van der Waals surface area (Å²) in [5.74, 6) is -0.317. The zero-order chi connectivity index (χ0) is 15.9. The first-order chi connectivity index (χ1) is 10.5. The number of carbonyl (C=O) groups excluding carboxylic acids is 1. The third kappa shape index (κ3) is 5.20. The number of carbonyl (C=O) groups is 1. The first-order valence-corrected chi connectivity index (χ1v) is 8.00. The summed E-state index contributed by atoms with van der Waals surface area (Å²) < 4.78 is 13.4. The summed E-state index contributed by atoms with van der Waals surface area (Å²) in [6.45, 7) is 1.20. The smallest absolute Gasteiger partial charge is 0.226 e. The molecule has 22 heavy (non-hydrogen) atoms. The topological polar surface area (TPSA) is 45.2 Å². The molecular formula is C16H20FN3OS. The molecule has 0 atom stereocenters. The zero-order valence-corrected chi connectivity index (χ0v) is 13.6. The van der Waals surface area contributed by atoms with Crippen molar-refractivity contribution < 1.29 is 9.18 Å². The molecule has 0 saturated carbocycles. The van der Waals surface area contributed by atoms with Crippen LogP contribution in [0.5, 0.6) is 0 Å². The van der Waals surface area contributed by atoms with E-state index in [0.29, 0.717) is 18.5 Å². The fraction of sp³-hybridized carbons (Fsp3) is 0.375. The Labute approximate surface area is 134 Å². The Bertz CT molecular complexity index is 627. The van der Waals surface area contributed by atoms with Crippen molar-refractivity contribution in [3.05, 3.63) is 51.7 Å². The van der Waals surface area contributed by atoms with Crippen LogP contribution in [0.4, 0.5) is 4.39 Å². The van der Waals surface area contributed by atoms with Crippen LogP contribution in [0.3, 0.4) is 0 Å². The Morgan fingerprint density at radius 2 is 2.14 bits per heavy atom. The number of nitrogens with zero attached hydrogens (tertiary/aromatic N) is 2. The van der Waals surface area contributed by atoms with E-state index < -0.39 is 0 Å². The highest BCUT2D eigenvalue weighted by molar-refractivity contribution is 7.09. The summed E-state index contributed by atoms with van der Waals surface area (Å²) in [4.78, 5) is 18.3. The van der Waals surface area contributed by atoms with Crippen molar-refractivity contribution in [2.75, 3.05) is 20.6 Å². The molecule has 0 aliphatic carbocycles. The van der Waals surface area contributed by atoms with Crippen LogP contribution in [0.15, 0.2) is 29.6 Å². The van der Waals surface area contributed by atoms with E-state index in [1.54, 1.807) is 29.5 Å². The molecule has 1 aromatic heterocycles. The van der Waals surface area contributed by atoms with Crippen LogP contribution in [0.1, 0.15) is 16.3 Å². The maximum atomic E-state index is 13.4. The van der Waals surface area contributed by atoms with Crippen LogP contribution in [0.2, 0.25) is 0 Å². The van der Waals surface area contributed by atoms with Gasteiger partial charge in [-0.25, -0.2) is 9.37 Å². The lowest BCUT2D eigenvalue weighted by Crippen LogP contribution is -2.27. The van der Waals surface area contributed by atoms with Gasteiger partial charge in [0.15, 0.2) is 0 Å². The zero-order valence-electron chi connectivity index (χ0n) is 12.8. The van der Waals surface area contributed by atoms with Gasteiger partial charge < -0.3 is 10.2 Å². The predicted molar refractivity (Wildman–Crippen MR) is 86.3 cm³/mol. The van der Waals surface area contributed by atoms with Crippen LogP contribution >= 0.6 is 11.3 Å². The third-order valence-electron chi connectivity index (χ3n) is 3.07. The Morgan fingerprint density at radius 1 is 1.36 bits per heavy atom. The van der Waals surface area contributed by atoms with Gasteiger partial charge in [0.1, 0.15) is 10.8 Å². The molecule has 2 rings (SSSR count). The van der Waals surface area contributed by atoms with Crippen molar-refractivity contribution in [2.24, 2.45) is 0 Å². The van der Waals surface area contributed by atoms with Gasteiger partial charge in [0.05, 0.1) is 12.1 Å². The predicted octanol–water partition coefficient (Wildman–Crippen LogP) is 2.25. The van der Waals surface area contributed by atoms with Crippen molar-refractivity contribution in [3.63, 3.8) is 0 Å². The van der Waals surface area contributed by atoms with Crippen LogP contribution in [0, 0.1) is 5.82 Å². The highest BCUT2D eigenvalue weighted by Gasteiger charge is 2.08. The SMILES string of the molecule is CN(C)Cc1nc(CC(=O)NCCc2ccccc2F)cs1. The molecule has 4 nitrogen and oxygen atoms in total. The molecule has 0 aliphatic heterocycles. The lowest BCUT2D eigenvalue weighted by Gasteiger charge is -2.06. The molecule has 6 heteroatoms. The summed E-state index contributed by atoms with van der Waals surface area (Å²) in [6.07, 6.45) is 0.753. The van der Waals surface area contributed by atoms with E-state index in [1.165, 1.54) is 6.07 Å². The van der Waals surface area contributed by atoms with Gasteiger partial charge >= 0.3 is 0 Å². The van der Waals surface area contributed by atoms with E-state index in [0.717, 1.165) is 17.2 Å². The minimum atomic E-state index is -0.232. The standard InChI is InChI=1S/C16H20FN3OS/c1-20(2)10-16-19-13(11-22-16)9-15(21)18-8-7-12-5-3-4-6-14(12)17/h3-6,11H,7-10H2,1-2H3,(H,18,21). The monoisotopic (exact) mass is 321 g/mol. The van der Waals surface area contributed by atoms with Crippen molar-refractivity contribution in [1.82, 2.24) is 15.2 Å². The molecule has 1 N–H and O–H groups in total. The highest BCUT2D eigenvalue weighted by Crippen LogP contribution is 2.11. The first-order valence-electron chi connectivity index (χ1n) is 7.12. The molecule has 0 aliphatic rings. The Morgan fingerprint density at radius 3 is 2.86 bits per heavy atom. The van der Waals surface area contributed by atoms with E-state index in [2.05, 4.69) is 10.3 Å². The number of hydrogen-bond donors (Lipinski definition) is 1. The lowest BCUT2D eigenvalue weighted by molar-refractivity contribution is -0.120. The average molecular weight is 321 g/mol. The quantitative estimate of drug-likeness (QED) is 0.851. The van der Waals surface area contributed by atoms with Crippen LogP contribution in [0.25, 0.3) is 0 Å². The summed E-state index contributed by atoms with van der Waals surface area (Å²) in [6, 6.07) is 6.61. The Balaban J connectivity index is 1.76. The average Bonchev–Trinajstić information content (AvgIpc) is 2.87. The summed E-state index contributed by atoms with van der Waals surface area (Å²) >= 11 is 1.56. The minimum Gasteiger partial charge on any atom is -0.355 e. The van der Waals surface area contributed by atoms with Crippen molar-refractivity contribution in [1.29, 1.82) is 0 Å². The lowest BCUT2D eigenvalue weighted by atomic mass is 10.1. The van der Waals surface area contributed by atoms with Crippen molar-refractivity contribution in [2.45, 2.75) is 19.4 Å². The molecule has 2 aromatic rings. The van der Waals surface area contributed by atoms with E-state index in [4.69, 9.17) is 0 Å². The van der Waals surface area contributed by atoms with Gasteiger partial charge in [-0.05, 0) is 32.1 Å². The van der Waals surface area contributed by atoms with E-state index in [-0.39, 0.29) is 18.1 Å². The molecule has 0 unspecified atom stereocenters. The molecule has 1 amide bonds. The second-order valence-corrected chi connectivity index (χ2v) is 6.28. The van der Waals surface area contributed by atoms with Gasteiger partial charge in [0, 0.05) is 18.5 Å². The van der Waals surface area contributed by atoms with Gasteiger partial charge in [-0.15, -0.1) is 11.3 Å². The van der Waals surface area contributed by atoms with E-state index in [1.807, 2.05) is 24.4 Å². The molecule has 0 radical (unpaired) electrons. The van der Waals surface area contributed by atoms with E-state index >= 15 is 0 Å². The molecule has 1 heterocycles. The van der Waals surface area contributed by atoms with Gasteiger partial charge in [-0.1, -0.05) is 18.2 Å². The second-order valence-electron chi connectivity index (χ2n) is 5.34. The first kappa shape index (κ1) is 16.6. The largest absolute Gasteiger partial charge is 0.355 e. The second kappa shape index (κ2) is 8.00. The van der Waals surface area contributed by atoms with Gasteiger partial charge in [0.25, 0.3) is 0 Å². The van der Waals surface area contributed by atoms with Crippen LogP contribution in [-0.4, -0.2) is 36.4 Å². The van der Waals surface area contributed by atoms with Crippen molar-refractivity contribution >= 4 is 17.2 Å². The fourth-order valence-corrected chi connectivity index (χ4v) is 2.95. The maximum absolute atomic E-state index is 13.4. The summed E-state index contributed by atoms with van der Waals surface area (Å²) in [5.41, 5.74) is 1.40. The Hall–Kier alpha value is -1.79.